The molecule has 0 aromatic carbocycles. The number of hydrogen-bond donors (Lipinski definition) is 0. The smallest absolute Gasteiger partial charge is 0.306 e. The number of ether oxygens (including phenoxy) is 3. The molecule has 2 saturated heterocycles. The van der Waals surface area contributed by atoms with Gasteiger partial charge in [-0.1, -0.05) is 20.8 Å². The first-order chi connectivity index (χ1) is 20.6. The molecule has 7 heteroatoms. The van der Waals surface area contributed by atoms with E-state index in [0.717, 1.165) is 56.6 Å². The molecule has 43 heavy (non-hydrogen) atoms. The van der Waals surface area contributed by atoms with Gasteiger partial charge in [-0.3, -0.25) is 14.5 Å². The molecule has 0 amide bonds. The van der Waals surface area contributed by atoms with Crippen LogP contribution in [0, 0.1) is 34.5 Å². The average molecular weight is 602 g/mol. The van der Waals surface area contributed by atoms with Crippen LogP contribution >= 0.6 is 0 Å². The molecule has 0 unspecified atom stereocenters. The number of nitrogens with zero attached hydrogens (tertiary/aromatic N) is 2. The predicted octanol–water partition coefficient (Wildman–Crippen LogP) is 5.98. The molecule has 0 spiro atoms. The number of esters is 2. The zero-order valence-corrected chi connectivity index (χ0v) is 28.0. The number of rotatable bonds is 7. The summed E-state index contributed by atoms with van der Waals surface area (Å²) in [7, 11) is 0. The van der Waals surface area contributed by atoms with Crippen molar-refractivity contribution < 1.29 is 28.3 Å². The summed E-state index contributed by atoms with van der Waals surface area (Å²) in [5.41, 5.74) is 0.313. The van der Waals surface area contributed by atoms with Gasteiger partial charge in [-0.2, -0.15) is 0 Å². The lowest BCUT2D eigenvalue weighted by atomic mass is 9.44. The van der Waals surface area contributed by atoms with Crippen molar-refractivity contribution in [1.82, 2.24) is 4.90 Å². The van der Waals surface area contributed by atoms with Gasteiger partial charge in [0.2, 0.25) is 0 Å². The Morgan fingerprint density at radius 1 is 0.930 bits per heavy atom. The maximum Gasteiger partial charge on any atom is 0.306 e. The van der Waals surface area contributed by atoms with Crippen molar-refractivity contribution in [3.8, 4) is 0 Å². The van der Waals surface area contributed by atoms with Gasteiger partial charge < -0.3 is 18.7 Å². The zero-order chi connectivity index (χ0) is 30.4. The van der Waals surface area contributed by atoms with Crippen LogP contribution < -0.4 is 0 Å². The molecule has 0 N–H and O–H groups in total. The largest absolute Gasteiger partial charge is 0.461 e. The van der Waals surface area contributed by atoms with Crippen molar-refractivity contribution >= 4 is 11.9 Å². The molecule has 6 aliphatic rings. The zero-order valence-electron chi connectivity index (χ0n) is 28.0. The molecule has 10 atom stereocenters. The summed E-state index contributed by atoms with van der Waals surface area (Å²) >= 11 is 0. The summed E-state index contributed by atoms with van der Waals surface area (Å²) in [6.07, 6.45) is 13.6. The van der Waals surface area contributed by atoms with Crippen molar-refractivity contribution in [2.24, 2.45) is 34.5 Å². The van der Waals surface area contributed by atoms with E-state index in [-0.39, 0.29) is 41.0 Å². The maximum absolute atomic E-state index is 13.2. The van der Waals surface area contributed by atoms with Crippen LogP contribution in [0.5, 0.6) is 0 Å². The lowest BCUT2D eigenvalue weighted by Crippen LogP contribution is -2.63. The molecule has 0 aromatic rings. The van der Waals surface area contributed by atoms with Gasteiger partial charge in [0.1, 0.15) is 12.1 Å². The Kier molecular flexibility index (Phi) is 9.28. The van der Waals surface area contributed by atoms with Gasteiger partial charge in [0.05, 0.1) is 32.8 Å². The number of carbonyl (C=O) groups excluding carboxylic acids is 2. The maximum atomic E-state index is 13.2. The minimum atomic E-state index is -0.139. The van der Waals surface area contributed by atoms with Gasteiger partial charge in [0.15, 0.2) is 6.10 Å². The molecular formula is C36H61N2O5+. The normalized spacial score (nSPS) is 44.5. The summed E-state index contributed by atoms with van der Waals surface area (Å²) in [4.78, 5) is 28.0. The highest BCUT2D eigenvalue weighted by molar-refractivity contribution is 5.69. The molecule has 0 aromatic heterocycles. The van der Waals surface area contributed by atoms with Gasteiger partial charge >= 0.3 is 11.9 Å². The monoisotopic (exact) mass is 601 g/mol. The van der Waals surface area contributed by atoms with Gasteiger partial charge in [0.25, 0.3) is 0 Å². The molecule has 4 saturated carbocycles. The molecule has 7 nitrogen and oxygen atoms in total. The van der Waals surface area contributed by atoms with E-state index in [1.165, 1.54) is 64.5 Å². The Balaban J connectivity index is 1.30. The highest BCUT2D eigenvalue weighted by Crippen LogP contribution is 2.67. The summed E-state index contributed by atoms with van der Waals surface area (Å²) in [5.74, 6) is 2.49. The quantitative estimate of drug-likeness (QED) is 0.264. The van der Waals surface area contributed by atoms with Crippen LogP contribution in [0.25, 0.3) is 0 Å². The number of hydrogen-bond acceptors (Lipinski definition) is 6. The lowest BCUT2D eigenvalue weighted by Gasteiger charge is -2.62. The Bertz CT molecular complexity index is 1010. The van der Waals surface area contributed by atoms with E-state index >= 15 is 0 Å². The van der Waals surface area contributed by atoms with Crippen molar-refractivity contribution in [2.75, 3.05) is 45.9 Å². The van der Waals surface area contributed by atoms with Crippen LogP contribution in [0.4, 0.5) is 0 Å². The molecular weight excluding hydrogens is 540 g/mol. The van der Waals surface area contributed by atoms with E-state index in [2.05, 4.69) is 32.6 Å². The number of fused-ring (bicyclic) bond motifs is 5. The number of morpholine rings is 1. The van der Waals surface area contributed by atoms with Gasteiger partial charge in [-0.15, -0.1) is 0 Å². The summed E-state index contributed by atoms with van der Waals surface area (Å²) in [6.45, 7) is 18.3. The number of carbonyl (C=O) groups is 2. The molecule has 2 aliphatic heterocycles. The fourth-order valence-electron chi connectivity index (χ4n) is 12.0. The van der Waals surface area contributed by atoms with Crippen LogP contribution in [-0.2, 0) is 23.8 Å². The van der Waals surface area contributed by atoms with Gasteiger partial charge in [-0.25, -0.2) is 0 Å². The summed E-state index contributed by atoms with van der Waals surface area (Å²) < 4.78 is 19.6. The molecule has 0 bridgehead atoms. The van der Waals surface area contributed by atoms with E-state index < -0.39 is 0 Å². The molecule has 2 heterocycles. The topological polar surface area (TPSA) is 65.1 Å². The second-order valence-electron chi connectivity index (χ2n) is 16.0. The first kappa shape index (κ1) is 31.8. The standard InChI is InChI=1S/C36H61N2O5/c1-6-11-33(40)43-34-31(38(7-2)18-9-8-10-19-38)23-29-27-13-12-26-22-32(42-25(3)39)30(37-16-20-41-21-17-37)24-36(26,5)28(27)14-15-35(29,34)4/h26-32,34H,6-24H2,1-5H3/q+1/t26-,27+,28-,29-,30-,31-,32-,34-,35-,36-/m0/s1. The van der Waals surface area contributed by atoms with E-state index in [9.17, 15) is 9.59 Å². The average Bonchev–Trinajstić information content (AvgIpc) is 3.30. The fourth-order valence-corrected chi connectivity index (χ4v) is 12.0. The number of piperidine rings is 1. The van der Waals surface area contributed by atoms with Crippen molar-refractivity contribution in [3.05, 3.63) is 0 Å². The predicted molar refractivity (Wildman–Crippen MR) is 167 cm³/mol. The second kappa shape index (κ2) is 12.5. The third-order valence-electron chi connectivity index (χ3n) is 14.2. The minimum absolute atomic E-state index is 0.00897. The van der Waals surface area contributed by atoms with Gasteiger partial charge in [-0.05, 0) is 100 Å². The third kappa shape index (κ3) is 5.60. The van der Waals surface area contributed by atoms with Crippen LogP contribution in [0.2, 0.25) is 0 Å². The highest BCUT2D eigenvalue weighted by atomic mass is 16.5. The van der Waals surface area contributed by atoms with Crippen LogP contribution in [0.3, 0.4) is 0 Å². The number of likely N-dealkylation sites (tertiary alicyclic amines) is 1. The first-order valence-electron chi connectivity index (χ1n) is 18.2. The number of quaternary nitrogens is 1. The SMILES string of the molecule is CCCC(=O)O[C@H]1[C@@H]([N+]2(CC)CCCCC2)C[C@H]2[C@@H]3CC[C@H]4C[C@H](OC(C)=O)[C@@H](N5CCOCC5)C[C@]4(C)[C@H]3CC[C@@]21C. The Hall–Kier alpha value is -1.18. The Labute approximate surface area is 261 Å². The van der Waals surface area contributed by atoms with Crippen LogP contribution in [0.15, 0.2) is 0 Å². The van der Waals surface area contributed by atoms with Crippen molar-refractivity contribution in [3.63, 3.8) is 0 Å². The Morgan fingerprint density at radius 3 is 2.35 bits per heavy atom. The summed E-state index contributed by atoms with van der Waals surface area (Å²) in [6, 6.07) is 0.716. The lowest BCUT2D eigenvalue weighted by molar-refractivity contribution is -0.956. The molecule has 244 valence electrons. The first-order valence-corrected chi connectivity index (χ1v) is 18.2. The van der Waals surface area contributed by atoms with Crippen molar-refractivity contribution in [1.29, 1.82) is 0 Å². The fraction of sp³-hybridized carbons (Fsp3) is 0.944. The van der Waals surface area contributed by atoms with E-state index in [1.54, 1.807) is 6.92 Å². The van der Waals surface area contributed by atoms with Crippen molar-refractivity contribution in [2.45, 2.75) is 136 Å². The second-order valence-corrected chi connectivity index (χ2v) is 16.0. The molecule has 4 aliphatic carbocycles. The molecule has 0 radical (unpaired) electrons. The number of likely N-dealkylation sites (N-methyl/N-ethyl adjacent to an activating group) is 1. The van der Waals surface area contributed by atoms with E-state index in [1.807, 2.05) is 0 Å². The third-order valence-corrected chi connectivity index (χ3v) is 14.2. The Morgan fingerprint density at radius 2 is 1.67 bits per heavy atom. The van der Waals surface area contributed by atoms with E-state index in [4.69, 9.17) is 14.2 Å². The minimum Gasteiger partial charge on any atom is -0.461 e. The van der Waals surface area contributed by atoms with E-state index in [0.29, 0.717) is 36.1 Å². The van der Waals surface area contributed by atoms with Gasteiger partial charge in [0, 0.05) is 44.3 Å². The molecule has 6 rings (SSSR count). The molecule has 6 fully saturated rings. The van der Waals surface area contributed by atoms with Crippen LogP contribution in [0.1, 0.15) is 112 Å². The van der Waals surface area contributed by atoms with Crippen LogP contribution in [-0.4, -0.2) is 91.6 Å². The summed E-state index contributed by atoms with van der Waals surface area (Å²) in [5, 5.41) is 0. The highest BCUT2D eigenvalue weighted by Gasteiger charge is 2.67.